The van der Waals surface area contributed by atoms with Gasteiger partial charge in [-0.25, -0.2) is 4.79 Å². The Labute approximate surface area is 207 Å². The summed E-state index contributed by atoms with van der Waals surface area (Å²) < 4.78 is 5.11. The molecule has 0 bridgehead atoms. The van der Waals surface area contributed by atoms with Gasteiger partial charge in [-0.05, 0) is 47.9 Å². The highest BCUT2D eigenvalue weighted by Crippen LogP contribution is 2.47. The standard InChI is InChI=1S/C30H32N2O3/c1-35-30(34)27-18-25(31-19-24-17-26(24)21-11-5-2-6-12-21)20-32(27)29(33)28(22-13-7-3-8-14-22)23-15-9-4-10-16-23/h2-16,24-28,31H,17-20H2,1H3/t24-,25+,26-,27+/m1/s1. The van der Waals surface area contributed by atoms with Crippen molar-refractivity contribution in [1.29, 1.82) is 0 Å². The van der Waals surface area contributed by atoms with E-state index in [4.69, 9.17) is 4.74 Å². The summed E-state index contributed by atoms with van der Waals surface area (Å²) in [7, 11) is 1.40. The topological polar surface area (TPSA) is 58.6 Å². The van der Waals surface area contributed by atoms with E-state index in [9.17, 15) is 9.59 Å². The Balaban J connectivity index is 1.31. The van der Waals surface area contributed by atoms with Crippen molar-refractivity contribution in [3.05, 3.63) is 108 Å². The summed E-state index contributed by atoms with van der Waals surface area (Å²) in [5.74, 6) is 0.320. The maximum absolute atomic E-state index is 14.0. The highest BCUT2D eigenvalue weighted by molar-refractivity contribution is 5.91. The number of ether oxygens (including phenoxy) is 1. The molecule has 0 radical (unpaired) electrons. The molecule has 1 heterocycles. The Morgan fingerprint density at radius 1 is 0.886 bits per heavy atom. The van der Waals surface area contributed by atoms with Crippen LogP contribution >= 0.6 is 0 Å². The van der Waals surface area contributed by atoms with Crippen LogP contribution in [0.5, 0.6) is 0 Å². The van der Waals surface area contributed by atoms with Crippen molar-refractivity contribution in [3.63, 3.8) is 0 Å². The third kappa shape index (κ3) is 5.15. The molecular formula is C30H32N2O3. The molecule has 1 saturated heterocycles. The highest BCUT2D eigenvalue weighted by Gasteiger charge is 2.44. The molecule has 0 unspecified atom stereocenters. The zero-order valence-electron chi connectivity index (χ0n) is 20.0. The Morgan fingerprint density at radius 3 is 2.03 bits per heavy atom. The Hall–Kier alpha value is -3.44. The first-order valence-electron chi connectivity index (χ1n) is 12.4. The van der Waals surface area contributed by atoms with Gasteiger partial charge < -0.3 is 15.0 Å². The Morgan fingerprint density at radius 2 is 1.46 bits per heavy atom. The van der Waals surface area contributed by atoms with E-state index in [1.54, 1.807) is 4.90 Å². The minimum atomic E-state index is -0.580. The fourth-order valence-electron chi connectivity index (χ4n) is 5.42. The molecule has 35 heavy (non-hydrogen) atoms. The lowest BCUT2D eigenvalue weighted by atomic mass is 9.90. The van der Waals surface area contributed by atoms with Crippen molar-refractivity contribution in [2.75, 3.05) is 20.2 Å². The lowest BCUT2D eigenvalue weighted by Crippen LogP contribution is -2.44. The van der Waals surface area contributed by atoms with E-state index < -0.39 is 12.0 Å². The van der Waals surface area contributed by atoms with Crippen molar-refractivity contribution >= 4 is 11.9 Å². The summed E-state index contributed by atoms with van der Waals surface area (Å²) in [6, 6.07) is 29.7. The van der Waals surface area contributed by atoms with E-state index in [-0.39, 0.29) is 17.9 Å². The number of carbonyl (C=O) groups is 2. The van der Waals surface area contributed by atoms with Crippen molar-refractivity contribution in [2.24, 2.45) is 5.92 Å². The van der Waals surface area contributed by atoms with Crippen LogP contribution in [0.4, 0.5) is 0 Å². The number of nitrogens with zero attached hydrogens (tertiary/aromatic N) is 1. The molecule has 1 N–H and O–H groups in total. The molecule has 180 valence electrons. The SMILES string of the molecule is COC(=O)[C@@H]1C[C@H](NC[C@H]2C[C@@H]2c2ccccc2)CN1C(=O)C(c1ccccc1)c1ccccc1. The summed E-state index contributed by atoms with van der Waals surface area (Å²) >= 11 is 0. The van der Waals surface area contributed by atoms with Gasteiger partial charge in [0.05, 0.1) is 13.0 Å². The van der Waals surface area contributed by atoms with Crippen LogP contribution in [0.15, 0.2) is 91.0 Å². The van der Waals surface area contributed by atoms with Crippen molar-refractivity contribution < 1.29 is 14.3 Å². The number of hydrogen-bond acceptors (Lipinski definition) is 4. The van der Waals surface area contributed by atoms with Crippen LogP contribution in [0, 0.1) is 5.92 Å². The van der Waals surface area contributed by atoms with Gasteiger partial charge in [-0.2, -0.15) is 0 Å². The van der Waals surface area contributed by atoms with Crippen LogP contribution in [0.25, 0.3) is 0 Å². The van der Waals surface area contributed by atoms with Crippen LogP contribution in [0.1, 0.15) is 41.4 Å². The van der Waals surface area contributed by atoms with Crippen LogP contribution in [-0.2, 0) is 14.3 Å². The van der Waals surface area contributed by atoms with Crippen LogP contribution in [0.3, 0.4) is 0 Å². The average molecular weight is 469 g/mol. The lowest BCUT2D eigenvalue weighted by Gasteiger charge is -2.28. The van der Waals surface area contributed by atoms with Gasteiger partial charge in [-0.3, -0.25) is 4.79 Å². The summed E-state index contributed by atoms with van der Waals surface area (Å²) in [5, 5.41) is 3.65. The lowest BCUT2D eigenvalue weighted by molar-refractivity contribution is -0.151. The molecule has 5 rings (SSSR count). The fourth-order valence-corrected chi connectivity index (χ4v) is 5.42. The van der Waals surface area contributed by atoms with Gasteiger partial charge in [-0.15, -0.1) is 0 Å². The summed E-state index contributed by atoms with van der Waals surface area (Å²) in [4.78, 5) is 28.4. The fraction of sp³-hybridized carbons (Fsp3) is 0.333. The van der Waals surface area contributed by atoms with Crippen molar-refractivity contribution in [2.45, 2.75) is 36.8 Å². The average Bonchev–Trinajstić information content (AvgIpc) is 3.57. The number of carbonyl (C=O) groups excluding carboxylic acids is 2. The second-order valence-corrected chi connectivity index (χ2v) is 9.64. The van der Waals surface area contributed by atoms with Crippen molar-refractivity contribution in [1.82, 2.24) is 10.2 Å². The predicted molar refractivity (Wildman–Crippen MR) is 136 cm³/mol. The first-order chi connectivity index (χ1) is 17.2. The van der Waals surface area contributed by atoms with Gasteiger partial charge in [0.2, 0.25) is 5.91 Å². The van der Waals surface area contributed by atoms with Gasteiger partial charge in [0, 0.05) is 12.6 Å². The minimum Gasteiger partial charge on any atom is -0.467 e. The molecule has 0 spiro atoms. The summed E-state index contributed by atoms with van der Waals surface area (Å²) in [6.07, 6.45) is 1.74. The number of hydrogen-bond donors (Lipinski definition) is 1. The van der Waals surface area contributed by atoms with Gasteiger partial charge in [0.25, 0.3) is 0 Å². The Kier molecular flexibility index (Phi) is 6.96. The molecular weight excluding hydrogens is 436 g/mol. The molecule has 4 atom stereocenters. The van der Waals surface area contributed by atoms with E-state index in [2.05, 4.69) is 29.6 Å². The molecule has 3 aromatic rings. The molecule has 1 aliphatic heterocycles. The molecule has 1 aliphatic carbocycles. The van der Waals surface area contributed by atoms with Gasteiger partial charge in [0.1, 0.15) is 6.04 Å². The largest absolute Gasteiger partial charge is 0.467 e. The highest BCUT2D eigenvalue weighted by atomic mass is 16.5. The first-order valence-corrected chi connectivity index (χ1v) is 12.4. The monoisotopic (exact) mass is 468 g/mol. The first kappa shape index (κ1) is 23.3. The smallest absolute Gasteiger partial charge is 0.328 e. The normalized spacial score (nSPS) is 23.3. The van der Waals surface area contributed by atoms with Crippen molar-refractivity contribution in [3.8, 4) is 0 Å². The quantitative estimate of drug-likeness (QED) is 0.499. The second-order valence-electron chi connectivity index (χ2n) is 9.64. The van der Waals surface area contributed by atoms with Crippen LogP contribution in [-0.4, -0.2) is 49.1 Å². The Bertz CT molecular complexity index is 1100. The number of benzene rings is 3. The van der Waals surface area contributed by atoms with Gasteiger partial charge in [0.15, 0.2) is 0 Å². The van der Waals surface area contributed by atoms with Gasteiger partial charge in [-0.1, -0.05) is 91.0 Å². The third-order valence-electron chi connectivity index (χ3n) is 7.39. The second kappa shape index (κ2) is 10.4. The summed E-state index contributed by atoms with van der Waals surface area (Å²) in [6.45, 7) is 1.39. The predicted octanol–water partition coefficient (Wildman–Crippen LogP) is 4.35. The maximum atomic E-state index is 14.0. The molecule has 5 heteroatoms. The molecule has 2 aliphatic rings. The number of esters is 1. The number of methoxy groups -OCH3 is 1. The molecule has 5 nitrogen and oxygen atoms in total. The molecule has 3 aromatic carbocycles. The number of rotatable bonds is 8. The van der Waals surface area contributed by atoms with Gasteiger partial charge >= 0.3 is 5.97 Å². The van der Waals surface area contributed by atoms with E-state index >= 15 is 0 Å². The molecule has 2 fully saturated rings. The summed E-state index contributed by atoms with van der Waals surface area (Å²) in [5.41, 5.74) is 3.24. The molecule has 1 amide bonds. The van der Waals surface area contributed by atoms with E-state index in [0.29, 0.717) is 24.8 Å². The minimum absolute atomic E-state index is 0.0596. The van der Waals surface area contributed by atoms with E-state index in [1.807, 2.05) is 66.7 Å². The zero-order valence-corrected chi connectivity index (χ0v) is 20.0. The number of likely N-dealkylation sites (tertiary alicyclic amines) is 1. The molecule has 1 saturated carbocycles. The van der Waals surface area contributed by atoms with E-state index in [1.165, 1.54) is 19.1 Å². The zero-order chi connectivity index (χ0) is 24.2. The maximum Gasteiger partial charge on any atom is 0.328 e. The van der Waals surface area contributed by atoms with Crippen LogP contribution < -0.4 is 5.32 Å². The van der Waals surface area contributed by atoms with E-state index in [0.717, 1.165) is 17.7 Å². The third-order valence-corrected chi connectivity index (χ3v) is 7.39. The number of nitrogens with one attached hydrogen (secondary N) is 1. The van der Waals surface area contributed by atoms with Crippen LogP contribution in [0.2, 0.25) is 0 Å². The number of amides is 1. The molecule has 0 aromatic heterocycles.